The Morgan fingerprint density at radius 1 is 1.50 bits per heavy atom. The van der Waals surface area contributed by atoms with Crippen LogP contribution < -0.4 is 4.74 Å². The molecule has 0 atom stereocenters. The molecule has 2 N–H and O–H groups in total. The third-order valence-corrected chi connectivity index (χ3v) is 2.62. The maximum Gasteiger partial charge on any atom is 0.303 e. The number of carboxylic acids is 1. The molecule has 0 aromatic heterocycles. The normalized spacial score (nSPS) is 10.1. The number of carbonyl (C=O) groups is 1. The Morgan fingerprint density at radius 3 is 2.75 bits per heavy atom. The second-order valence-corrected chi connectivity index (χ2v) is 4.11. The van der Waals surface area contributed by atoms with Gasteiger partial charge in [0, 0.05) is 6.42 Å². The second kappa shape index (κ2) is 5.75. The Labute approximate surface area is 102 Å². The first kappa shape index (κ1) is 12.8. The lowest BCUT2D eigenvalue weighted by Crippen LogP contribution is -1.99. The van der Waals surface area contributed by atoms with Crippen molar-refractivity contribution in [2.45, 2.75) is 19.8 Å². The third kappa shape index (κ3) is 3.41. The first-order valence-electron chi connectivity index (χ1n) is 4.90. The molecule has 5 heteroatoms. The molecule has 0 saturated carbocycles. The number of hydrogen-bond acceptors (Lipinski definition) is 3. The van der Waals surface area contributed by atoms with Crippen LogP contribution in [-0.2, 0) is 11.2 Å². The molecule has 0 fully saturated rings. The Kier molecular flexibility index (Phi) is 4.61. The lowest BCUT2D eigenvalue weighted by molar-refractivity contribution is -0.136. The van der Waals surface area contributed by atoms with Gasteiger partial charge in [-0.2, -0.15) is 0 Å². The molecule has 0 aliphatic rings. The van der Waals surface area contributed by atoms with Crippen molar-refractivity contribution in [3.05, 3.63) is 22.2 Å². The van der Waals surface area contributed by atoms with E-state index in [1.54, 1.807) is 12.1 Å². The highest BCUT2D eigenvalue weighted by Crippen LogP contribution is 2.35. The van der Waals surface area contributed by atoms with Crippen LogP contribution in [0.2, 0.25) is 0 Å². The number of benzene rings is 1. The summed E-state index contributed by atoms with van der Waals surface area (Å²) in [6.07, 6.45) is 0.469. The van der Waals surface area contributed by atoms with Crippen molar-refractivity contribution >= 4 is 21.9 Å². The fourth-order valence-electron chi connectivity index (χ4n) is 1.29. The number of aryl methyl sites for hydroxylation is 1. The average Bonchev–Trinajstić information content (AvgIpc) is 2.22. The molecule has 0 aliphatic heterocycles. The van der Waals surface area contributed by atoms with Gasteiger partial charge >= 0.3 is 5.97 Å². The van der Waals surface area contributed by atoms with E-state index in [9.17, 15) is 9.90 Å². The maximum absolute atomic E-state index is 10.4. The summed E-state index contributed by atoms with van der Waals surface area (Å²) in [7, 11) is 0. The molecule has 0 bridgehead atoms. The summed E-state index contributed by atoms with van der Waals surface area (Å²) < 4.78 is 5.75. The van der Waals surface area contributed by atoms with Gasteiger partial charge in [0.25, 0.3) is 0 Å². The minimum Gasteiger partial charge on any atom is -0.503 e. The molecule has 0 amide bonds. The van der Waals surface area contributed by atoms with E-state index in [4.69, 9.17) is 9.84 Å². The molecule has 0 unspecified atom stereocenters. The molecular formula is C11H13BrO4. The summed E-state index contributed by atoms with van der Waals surface area (Å²) in [5.41, 5.74) is 0.815. The van der Waals surface area contributed by atoms with Crippen molar-refractivity contribution in [2.75, 3.05) is 6.61 Å². The van der Waals surface area contributed by atoms with E-state index in [1.165, 1.54) is 0 Å². The molecule has 88 valence electrons. The first-order chi connectivity index (χ1) is 7.54. The number of phenolic OH excluding ortho intramolecular Hbond substituents is 1. The van der Waals surface area contributed by atoms with Crippen LogP contribution in [0.1, 0.15) is 18.9 Å². The topological polar surface area (TPSA) is 66.8 Å². The van der Waals surface area contributed by atoms with Gasteiger partial charge in [0.05, 0.1) is 11.1 Å². The van der Waals surface area contributed by atoms with E-state index >= 15 is 0 Å². The van der Waals surface area contributed by atoms with Crippen molar-refractivity contribution in [3.63, 3.8) is 0 Å². The second-order valence-electron chi connectivity index (χ2n) is 3.25. The van der Waals surface area contributed by atoms with Crippen molar-refractivity contribution < 1.29 is 19.7 Å². The van der Waals surface area contributed by atoms with Crippen molar-refractivity contribution in [1.82, 2.24) is 0 Å². The van der Waals surface area contributed by atoms with Gasteiger partial charge in [0.1, 0.15) is 0 Å². The number of halogens is 1. The first-order valence-corrected chi connectivity index (χ1v) is 5.70. The van der Waals surface area contributed by atoms with Gasteiger partial charge in [0.2, 0.25) is 0 Å². The molecule has 1 aromatic rings. The smallest absolute Gasteiger partial charge is 0.303 e. The summed E-state index contributed by atoms with van der Waals surface area (Å²) >= 11 is 3.20. The van der Waals surface area contributed by atoms with Crippen molar-refractivity contribution in [3.8, 4) is 11.5 Å². The van der Waals surface area contributed by atoms with Gasteiger partial charge in [-0.05, 0) is 47.0 Å². The maximum atomic E-state index is 10.4. The highest BCUT2D eigenvalue weighted by Gasteiger charge is 2.09. The van der Waals surface area contributed by atoms with Crippen LogP contribution in [0.15, 0.2) is 16.6 Å². The van der Waals surface area contributed by atoms with Crippen LogP contribution in [0.25, 0.3) is 0 Å². The lowest BCUT2D eigenvalue weighted by Gasteiger charge is -2.09. The zero-order valence-electron chi connectivity index (χ0n) is 8.86. The van der Waals surface area contributed by atoms with Gasteiger partial charge in [-0.15, -0.1) is 0 Å². The molecule has 0 spiro atoms. The predicted molar refractivity (Wildman–Crippen MR) is 62.9 cm³/mol. The van der Waals surface area contributed by atoms with E-state index in [1.807, 2.05) is 6.92 Å². The Hall–Kier alpha value is -1.23. The summed E-state index contributed by atoms with van der Waals surface area (Å²) in [5, 5.41) is 18.2. The van der Waals surface area contributed by atoms with Gasteiger partial charge in [-0.25, -0.2) is 0 Å². The summed E-state index contributed by atoms with van der Waals surface area (Å²) in [4.78, 5) is 10.4. The Balaban J connectivity index is 2.90. The standard InChI is InChI=1S/C11H13BrO4/c1-2-16-9-6-7(3-4-10(13)14)5-8(12)11(9)15/h5-6,15H,2-4H2,1H3,(H,13,14). The highest BCUT2D eigenvalue weighted by atomic mass is 79.9. The molecular weight excluding hydrogens is 276 g/mol. The SMILES string of the molecule is CCOc1cc(CCC(=O)O)cc(Br)c1O. The fourth-order valence-corrected chi connectivity index (χ4v) is 1.78. The predicted octanol–water partition coefficient (Wildman–Crippen LogP) is 2.57. The summed E-state index contributed by atoms with van der Waals surface area (Å²) in [6.45, 7) is 2.26. The molecule has 0 saturated heterocycles. The number of carboxylic acid groups (broad SMARTS) is 1. The molecule has 0 aliphatic carbocycles. The van der Waals surface area contributed by atoms with Crippen LogP contribution in [0.4, 0.5) is 0 Å². The highest BCUT2D eigenvalue weighted by molar-refractivity contribution is 9.10. The monoisotopic (exact) mass is 288 g/mol. The molecule has 0 radical (unpaired) electrons. The zero-order chi connectivity index (χ0) is 12.1. The van der Waals surface area contributed by atoms with Crippen LogP contribution in [-0.4, -0.2) is 22.8 Å². The average molecular weight is 289 g/mol. The van der Waals surface area contributed by atoms with E-state index in [0.29, 0.717) is 23.2 Å². The van der Waals surface area contributed by atoms with Crippen molar-refractivity contribution in [1.29, 1.82) is 0 Å². The van der Waals surface area contributed by atoms with Gasteiger partial charge in [0.15, 0.2) is 11.5 Å². The number of ether oxygens (including phenoxy) is 1. The molecule has 16 heavy (non-hydrogen) atoms. The van der Waals surface area contributed by atoms with Crippen LogP contribution in [0.5, 0.6) is 11.5 Å². The van der Waals surface area contributed by atoms with Crippen LogP contribution in [0.3, 0.4) is 0 Å². The Bertz CT molecular complexity index is 390. The van der Waals surface area contributed by atoms with Gasteiger partial charge < -0.3 is 14.9 Å². The molecule has 4 nitrogen and oxygen atoms in total. The quantitative estimate of drug-likeness (QED) is 0.874. The lowest BCUT2D eigenvalue weighted by atomic mass is 10.1. The number of hydrogen-bond donors (Lipinski definition) is 2. The van der Waals surface area contributed by atoms with Crippen LogP contribution in [0, 0.1) is 0 Å². The van der Waals surface area contributed by atoms with Crippen LogP contribution >= 0.6 is 15.9 Å². The van der Waals surface area contributed by atoms with E-state index in [0.717, 1.165) is 5.56 Å². The fraction of sp³-hybridized carbons (Fsp3) is 0.364. The minimum atomic E-state index is -0.845. The number of rotatable bonds is 5. The van der Waals surface area contributed by atoms with E-state index in [-0.39, 0.29) is 12.2 Å². The third-order valence-electron chi connectivity index (χ3n) is 2.02. The van der Waals surface area contributed by atoms with Crippen molar-refractivity contribution in [2.24, 2.45) is 0 Å². The molecule has 1 aromatic carbocycles. The van der Waals surface area contributed by atoms with Gasteiger partial charge in [-0.1, -0.05) is 0 Å². The Morgan fingerprint density at radius 2 is 2.19 bits per heavy atom. The number of aromatic hydroxyl groups is 1. The summed E-state index contributed by atoms with van der Waals surface area (Å²) in [6, 6.07) is 3.35. The number of aliphatic carboxylic acids is 1. The molecule has 0 heterocycles. The largest absolute Gasteiger partial charge is 0.503 e. The van der Waals surface area contributed by atoms with Gasteiger partial charge in [-0.3, -0.25) is 4.79 Å². The summed E-state index contributed by atoms with van der Waals surface area (Å²) in [5.74, 6) is -0.430. The zero-order valence-corrected chi connectivity index (χ0v) is 10.5. The van der Waals surface area contributed by atoms with E-state index < -0.39 is 5.97 Å². The van der Waals surface area contributed by atoms with E-state index in [2.05, 4.69) is 15.9 Å². The minimum absolute atomic E-state index is 0.0425. The molecule has 1 rings (SSSR count). The number of phenols is 1.